The first kappa shape index (κ1) is 25.8. The number of fused-ring (bicyclic) bond motifs is 2. The van der Waals surface area contributed by atoms with Gasteiger partial charge in [-0.25, -0.2) is 4.79 Å². The summed E-state index contributed by atoms with van der Waals surface area (Å²) in [5.74, 6) is -0.610. The Labute approximate surface area is 232 Å². The molecule has 0 bridgehead atoms. The number of carbonyl (C=O) groups excluding carboxylic acids is 3. The summed E-state index contributed by atoms with van der Waals surface area (Å²) in [7, 11) is 1.33. The van der Waals surface area contributed by atoms with Crippen LogP contribution in [0.15, 0.2) is 66.7 Å². The predicted molar refractivity (Wildman–Crippen MR) is 151 cm³/mol. The minimum atomic E-state index is -0.466. The molecule has 9 heteroatoms. The molecule has 204 valence electrons. The van der Waals surface area contributed by atoms with Crippen molar-refractivity contribution in [2.24, 2.45) is 0 Å². The molecule has 0 atom stereocenters. The van der Waals surface area contributed by atoms with Crippen molar-refractivity contribution in [3.05, 3.63) is 94.5 Å². The van der Waals surface area contributed by atoms with Gasteiger partial charge < -0.3 is 25.0 Å². The second kappa shape index (κ2) is 11.0. The van der Waals surface area contributed by atoms with Crippen LogP contribution in [-0.2, 0) is 32.2 Å². The molecule has 0 radical (unpaired) electrons. The quantitative estimate of drug-likeness (QED) is 0.366. The van der Waals surface area contributed by atoms with Gasteiger partial charge >= 0.3 is 5.97 Å². The average molecular weight is 539 g/mol. The van der Waals surface area contributed by atoms with Gasteiger partial charge in [0, 0.05) is 37.4 Å². The molecule has 0 aliphatic carbocycles. The number of esters is 1. The number of benzene rings is 3. The first-order valence-electron chi connectivity index (χ1n) is 13.3. The van der Waals surface area contributed by atoms with Gasteiger partial charge in [0.05, 0.1) is 49.4 Å². The second-order valence-electron chi connectivity index (χ2n) is 10.1. The lowest BCUT2D eigenvalue weighted by atomic mass is 9.98. The number of morpholine rings is 1. The fraction of sp³-hybridized carbons (Fsp3) is 0.258. The van der Waals surface area contributed by atoms with E-state index in [9.17, 15) is 14.4 Å². The van der Waals surface area contributed by atoms with Crippen LogP contribution < -0.4 is 10.6 Å². The molecule has 0 spiro atoms. The fourth-order valence-electron chi connectivity index (χ4n) is 5.39. The maximum absolute atomic E-state index is 13.3. The van der Waals surface area contributed by atoms with Crippen LogP contribution in [0.25, 0.3) is 11.3 Å². The molecule has 3 aliphatic rings. The zero-order valence-corrected chi connectivity index (χ0v) is 22.2. The molecule has 9 nitrogen and oxygen atoms in total. The molecule has 40 heavy (non-hydrogen) atoms. The zero-order valence-electron chi connectivity index (χ0n) is 22.2. The Hall–Kier alpha value is -4.47. The van der Waals surface area contributed by atoms with E-state index in [0.717, 1.165) is 35.5 Å². The molecule has 1 saturated heterocycles. The van der Waals surface area contributed by atoms with Gasteiger partial charge in [0.2, 0.25) is 5.91 Å². The average Bonchev–Trinajstić information content (AvgIpc) is 3.56. The van der Waals surface area contributed by atoms with Gasteiger partial charge in [-0.3, -0.25) is 14.5 Å². The maximum Gasteiger partial charge on any atom is 0.337 e. The number of nitrogens with zero attached hydrogens (tertiary/aromatic N) is 2. The van der Waals surface area contributed by atoms with Crippen LogP contribution in [0, 0.1) is 0 Å². The summed E-state index contributed by atoms with van der Waals surface area (Å²) in [5.41, 5.74) is 6.63. The monoisotopic (exact) mass is 538 g/mol. The largest absolute Gasteiger partial charge is 0.465 e. The molecule has 0 saturated carbocycles. The van der Waals surface area contributed by atoms with E-state index in [1.165, 1.54) is 7.11 Å². The van der Waals surface area contributed by atoms with Crippen LogP contribution in [0.3, 0.4) is 0 Å². The summed E-state index contributed by atoms with van der Waals surface area (Å²) in [4.78, 5) is 42.3. The summed E-state index contributed by atoms with van der Waals surface area (Å²) in [6.45, 7) is 4.41. The number of hydrogen-bond donors (Lipinski definition) is 2. The van der Waals surface area contributed by atoms with Gasteiger partial charge in [0.1, 0.15) is 0 Å². The van der Waals surface area contributed by atoms with Gasteiger partial charge in [-0.15, -0.1) is 0 Å². The van der Waals surface area contributed by atoms with Crippen molar-refractivity contribution >= 4 is 40.4 Å². The second-order valence-corrected chi connectivity index (χ2v) is 10.1. The van der Waals surface area contributed by atoms with E-state index in [4.69, 9.17) is 9.47 Å². The van der Waals surface area contributed by atoms with Gasteiger partial charge in [-0.05, 0) is 41.0 Å². The van der Waals surface area contributed by atoms with Crippen LogP contribution in [0.2, 0.25) is 0 Å². The molecule has 0 aromatic heterocycles. The van der Waals surface area contributed by atoms with E-state index in [1.54, 1.807) is 18.2 Å². The Morgan fingerprint density at radius 1 is 0.950 bits per heavy atom. The molecule has 1 fully saturated rings. The van der Waals surface area contributed by atoms with Crippen molar-refractivity contribution in [1.29, 1.82) is 0 Å². The third-order valence-corrected chi connectivity index (χ3v) is 7.51. The van der Waals surface area contributed by atoms with Crippen LogP contribution in [0.5, 0.6) is 0 Å². The summed E-state index contributed by atoms with van der Waals surface area (Å²) in [6.07, 6.45) is 0. The molecule has 6 rings (SSSR count). The normalized spacial score (nSPS) is 17.6. The van der Waals surface area contributed by atoms with Crippen LogP contribution in [0.4, 0.5) is 11.4 Å². The van der Waals surface area contributed by atoms with Crippen molar-refractivity contribution in [2.75, 3.05) is 50.6 Å². The van der Waals surface area contributed by atoms with E-state index < -0.39 is 5.97 Å². The summed E-state index contributed by atoms with van der Waals surface area (Å²) in [5, 5.41) is 6.39. The first-order chi connectivity index (χ1) is 19.5. The number of anilines is 2. The Morgan fingerprint density at radius 3 is 2.50 bits per heavy atom. The number of amides is 2. The smallest absolute Gasteiger partial charge is 0.337 e. The Morgan fingerprint density at radius 2 is 1.73 bits per heavy atom. The van der Waals surface area contributed by atoms with E-state index in [0.29, 0.717) is 60.9 Å². The molecular formula is C31H30N4O5. The van der Waals surface area contributed by atoms with Gasteiger partial charge in [-0.1, -0.05) is 42.5 Å². The maximum atomic E-state index is 13.3. The van der Waals surface area contributed by atoms with Gasteiger partial charge in [-0.2, -0.15) is 0 Å². The minimum absolute atomic E-state index is 0.116. The summed E-state index contributed by atoms with van der Waals surface area (Å²) in [6, 6.07) is 20.8. The minimum Gasteiger partial charge on any atom is -0.465 e. The van der Waals surface area contributed by atoms with Crippen molar-refractivity contribution in [1.82, 2.24) is 9.80 Å². The first-order valence-corrected chi connectivity index (χ1v) is 13.3. The van der Waals surface area contributed by atoms with Crippen molar-refractivity contribution < 1.29 is 23.9 Å². The molecule has 3 heterocycles. The number of carbonyl (C=O) groups is 3. The number of ether oxygens (including phenoxy) is 2. The van der Waals surface area contributed by atoms with E-state index >= 15 is 0 Å². The lowest BCUT2D eigenvalue weighted by Gasteiger charge is -2.27. The topological polar surface area (TPSA) is 100 Å². The molecule has 2 amide bonds. The summed E-state index contributed by atoms with van der Waals surface area (Å²) >= 11 is 0. The van der Waals surface area contributed by atoms with Gasteiger partial charge in [0.15, 0.2) is 0 Å². The molecule has 2 N–H and O–H groups in total. The fourth-order valence-corrected chi connectivity index (χ4v) is 5.39. The van der Waals surface area contributed by atoms with E-state index in [1.807, 2.05) is 47.4 Å². The van der Waals surface area contributed by atoms with Crippen LogP contribution >= 0.6 is 0 Å². The third kappa shape index (κ3) is 5.09. The van der Waals surface area contributed by atoms with Crippen LogP contribution in [-0.4, -0.2) is 67.5 Å². The molecule has 0 unspecified atom stereocenters. The Kier molecular flexibility index (Phi) is 7.06. The zero-order chi connectivity index (χ0) is 27.6. The highest BCUT2D eigenvalue weighted by molar-refractivity contribution is 6.37. The molecule has 3 aromatic rings. The SMILES string of the molecule is COC(=O)c1ccc2c(c1)NC(=O)/C2=C(\Nc1ccc2c(c1)CN(C(=O)CN1CCOCC1)C2)c1ccccc1. The highest BCUT2D eigenvalue weighted by Crippen LogP contribution is 2.38. The van der Waals surface area contributed by atoms with Crippen molar-refractivity contribution in [2.45, 2.75) is 13.1 Å². The number of rotatable bonds is 6. The lowest BCUT2D eigenvalue weighted by molar-refractivity contribution is -0.134. The third-order valence-electron chi connectivity index (χ3n) is 7.51. The number of methoxy groups -OCH3 is 1. The lowest BCUT2D eigenvalue weighted by Crippen LogP contribution is -2.43. The van der Waals surface area contributed by atoms with Gasteiger partial charge in [0.25, 0.3) is 5.91 Å². The van der Waals surface area contributed by atoms with Crippen LogP contribution in [0.1, 0.15) is 32.6 Å². The van der Waals surface area contributed by atoms with Crippen molar-refractivity contribution in [3.8, 4) is 0 Å². The predicted octanol–water partition coefficient (Wildman–Crippen LogP) is 3.58. The van der Waals surface area contributed by atoms with Crippen molar-refractivity contribution in [3.63, 3.8) is 0 Å². The molecule has 3 aromatic carbocycles. The Bertz CT molecular complexity index is 1510. The molecular weight excluding hydrogens is 508 g/mol. The highest BCUT2D eigenvalue weighted by Gasteiger charge is 2.30. The van der Waals surface area contributed by atoms with E-state index in [-0.39, 0.29) is 11.8 Å². The Balaban J connectivity index is 1.29. The molecule has 3 aliphatic heterocycles. The highest BCUT2D eigenvalue weighted by atomic mass is 16.5. The van der Waals surface area contributed by atoms with E-state index in [2.05, 4.69) is 21.6 Å². The summed E-state index contributed by atoms with van der Waals surface area (Å²) < 4.78 is 10.2. The number of nitrogens with one attached hydrogen (secondary N) is 2. The standard InChI is InChI=1S/C31H30N4O5/c1-39-31(38)21-8-10-25-26(16-21)33-30(37)28(25)29(20-5-3-2-4-6-20)32-24-9-7-22-17-35(18-23(22)15-24)27(36)19-34-11-13-40-14-12-34/h2-10,15-16,32H,11-14,17-19H2,1H3,(H,33,37)/b29-28-. The number of hydrogen-bond acceptors (Lipinski definition) is 7.